The van der Waals surface area contributed by atoms with Gasteiger partial charge in [0.2, 0.25) is 5.91 Å². The van der Waals surface area contributed by atoms with E-state index in [-0.39, 0.29) is 18.0 Å². The molecule has 0 aliphatic heterocycles. The van der Waals surface area contributed by atoms with Gasteiger partial charge in [0.05, 0.1) is 6.07 Å². The zero-order chi connectivity index (χ0) is 18.0. The molecule has 0 unspecified atom stereocenters. The van der Waals surface area contributed by atoms with Crippen molar-refractivity contribution < 1.29 is 4.79 Å². The van der Waals surface area contributed by atoms with Crippen molar-refractivity contribution in [1.82, 2.24) is 19.4 Å². The number of amides is 1. The van der Waals surface area contributed by atoms with Crippen LogP contribution in [0.3, 0.4) is 0 Å². The first-order valence-electron chi connectivity index (χ1n) is 7.91. The molecule has 130 valence electrons. The van der Waals surface area contributed by atoms with E-state index in [9.17, 15) is 14.9 Å². The van der Waals surface area contributed by atoms with Crippen LogP contribution in [0.15, 0.2) is 23.8 Å². The van der Waals surface area contributed by atoms with Gasteiger partial charge in [-0.3, -0.25) is 14.2 Å². The molecule has 0 bridgehead atoms. The third-order valence-electron chi connectivity index (χ3n) is 4.32. The maximum absolute atomic E-state index is 12.6. The minimum Gasteiger partial charge on any atom is -0.336 e. The summed E-state index contributed by atoms with van der Waals surface area (Å²) in [4.78, 5) is 29.2. The van der Waals surface area contributed by atoms with Crippen LogP contribution in [-0.2, 0) is 17.9 Å². The van der Waals surface area contributed by atoms with E-state index in [0.717, 1.165) is 12.8 Å². The van der Waals surface area contributed by atoms with Crippen molar-refractivity contribution in [3.8, 4) is 6.07 Å². The molecule has 0 atom stereocenters. The number of hydrogen-bond acceptors (Lipinski definition) is 6. The second-order valence-electron chi connectivity index (χ2n) is 6.05. The van der Waals surface area contributed by atoms with E-state index >= 15 is 0 Å². The van der Waals surface area contributed by atoms with Crippen LogP contribution in [0.4, 0.5) is 0 Å². The number of fused-ring (bicyclic) bond motifs is 1. The van der Waals surface area contributed by atoms with Crippen LogP contribution < -0.4 is 10.9 Å². The SMILES string of the molecule is C=CCn1c(=S)sc2c(=O)n(CC(=O)NC3(C#N)CCCC3)cnc21. The number of nitrogens with zero attached hydrogens (tertiary/aromatic N) is 4. The highest BCUT2D eigenvalue weighted by molar-refractivity contribution is 7.73. The van der Waals surface area contributed by atoms with Gasteiger partial charge < -0.3 is 9.88 Å². The molecule has 0 spiro atoms. The summed E-state index contributed by atoms with van der Waals surface area (Å²) in [6, 6.07) is 2.20. The van der Waals surface area contributed by atoms with Crippen molar-refractivity contribution in [3.05, 3.63) is 33.3 Å². The fraction of sp³-hybridized carbons (Fsp3) is 0.438. The Morgan fingerprint density at radius 2 is 2.28 bits per heavy atom. The van der Waals surface area contributed by atoms with Gasteiger partial charge in [-0.2, -0.15) is 5.26 Å². The number of aromatic nitrogens is 3. The Labute approximate surface area is 153 Å². The van der Waals surface area contributed by atoms with Crippen molar-refractivity contribution in [2.45, 2.75) is 44.3 Å². The fourth-order valence-corrected chi connectivity index (χ4v) is 4.39. The van der Waals surface area contributed by atoms with E-state index in [1.165, 1.54) is 22.2 Å². The van der Waals surface area contributed by atoms with E-state index in [4.69, 9.17) is 12.2 Å². The molecular weight excluding hydrogens is 358 g/mol. The largest absolute Gasteiger partial charge is 0.336 e. The smallest absolute Gasteiger partial charge is 0.273 e. The molecule has 1 fully saturated rings. The van der Waals surface area contributed by atoms with Gasteiger partial charge in [0.15, 0.2) is 9.60 Å². The van der Waals surface area contributed by atoms with E-state index in [2.05, 4.69) is 22.9 Å². The van der Waals surface area contributed by atoms with Crippen LogP contribution in [0.1, 0.15) is 25.7 Å². The van der Waals surface area contributed by atoms with Crippen LogP contribution in [0.25, 0.3) is 10.3 Å². The molecule has 25 heavy (non-hydrogen) atoms. The normalized spacial score (nSPS) is 15.8. The van der Waals surface area contributed by atoms with E-state index in [1.807, 2.05) is 0 Å². The van der Waals surface area contributed by atoms with Crippen LogP contribution in [0, 0.1) is 15.3 Å². The number of hydrogen-bond donors (Lipinski definition) is 1. The van der Waals surface area contributed by atoms with E-state index in [0.29, 0.717) is 33.7 Å². The highest BCUT2D eigenvalue weighted by Gasteiger charge is 2.35. The average Bonchev–Trinajstić information content (AvgIpc) is 3.17. The summed E-state index contributed by atoms with van der Waals surface area (Å²) >= 11 is 6.44. The predicted octanol–water partition coefficient (Wildman–Crippen LogP) is 2.13. The first kappa shape index (κ1) is 17.5. The summed E-state index contributed by atoms with van der Waals surface area (Å²) in [5.41, 5.74) is -0.612. The lowest BCUT2D eigenvalue weighted by Crippen LogP contribution is -2.47. The third-order valence-corrected chi connectivity index (χ3v) is 5.75. The molecule has 7 nitrogen and oxygen atoms in total. The first-order valence-corrected chi connectivity index (χ1v) is 9.14. The maximum Gasteiger partial charge on any atom is 0.273 e. The third kappa shape index (κ3) is 3.27. The van der Waals surface area contributed by atoms with Gasteiger partial charge in [0.25, 0.3) is 5.56 Å². The fourth-order valence-electron chi connectivity index (χ4n) is 3.08. The average molecular weight is 375 g/mol. The molecule has 9 heteroatoms. The van der Waals surface area contributed by atoms with Gasteiger partial charge in [0, 0.05) is 6.54 Å². The molecule has 2 aromatic heterocycles. The molecule has 3 rings (SSSR count). The molecule has 1 saturated carbocycles. The van der Waals surface area contributed by atoms with Crippen LogP contribution in [-0.4, -0.2) is 25.6 Å². The van der Waals surface area contributed by atoms with Gasteiger partial charge in [-0.25, -0.2) is 4.98 Å². The zero-order valence-electron chi connectivity index (χ0n) is 13.5. The quantitative estimate of drug-likeness (QED) is 0.638. The van der Waals surface area contributed by atoms with Crippen molar-refractivity contribution in [1.29, 1.82) is 5.26 Å². The van der Waals surface area contributed by atoms with Crippen molar-refractivity contribution >= 4 is 39.8 Å². The number of carbonyl (C=O) groups excluding carboxylic acids is 1. The maximum atomic E-state index is 12.6. The Kier molecular flexibility index (Phi) is 4.83. The lowest BCUT2D eigenvalue weighted by molar-refractivity contribution is -0.123. The Morgan fingerprint density at radius 1 is 1.56 bits per heavy atom. The molecule has 1 N–H and O–H groups in total. The molecule has 1 amide bonds. The van der Waals surface area contributed by atoms with Crippen LogP contribution in [0.5, 0.6) is 0 Å². The summed E-state index contributed by atoms with van der Waals surface area (Å²) in [7, 11) is 0. The number of allylic oxidation sites excluding steroid dienone is 1. The Balaban J connectivity index is 1.87. The van der Waals surface area contributed by atoms with Gasteiger partial charge in [0.1, 0.15) is 23.1 Å². The standard InChI is InChI=1S/C16H17N5O2S2/c1-2-7-21-13-12(25-15(21)24)14(23)20(10-18-13)8-11(22)19-16(9-17)5-3-4-6-16/h2,10H,1,3-8H2,(H,19,22). The lowest BCUT2D eigenvalue weighted by atomic mass is 10.00. The first-order chi connectivity index (χ1) is 12.0. The second-order valence-corrected chi connectivity index (χ2v) is 7.69. The molecular formula is C16H17N5O2S2. The molecule has 1 aliphatic carbocycles. The Bertz CT molecular complexity index is 989. The molecule has 0 aromatic carbocycles. The Morgan fingerprint density at radius 3 is 2.92 bits per heavy atom. The highest BCUT2D eigenvalue weighted by Crippen LogP contribution is 2.28. The summed E-state index contributed by atoms with van der Waals surface area (Å²) in [5, 5.41) is 12.1. The minimum atomic E-state index is -0.804. The Hall–Kier alpha value is -2.31. The number of rotatable bonds is 5. The summed E-state index contributed by atoms with van der Waals surface area (Å²) in [5.74, 6) is -0.360. The van der Waals surface area contributed by atoms with Gasteiger partial charge in [-0.05, 0) is 37.9 Å². The van der Waals surface area contributed by atoms with Crippen molar-refractivity contribution in [2.24, 2.45) is 0 Å². The van der Waals surface area contributed by atoms with Crippen molar-refractivity contribution in [2.75, 3.05) is 0 Å². The topological polar surface area (TPSA) is 92.7 Å². The summed E-state index contributed by atoms with van der Waals surface area (Å²) in [6.07, 6.45) is 6.16. The number of thiazole rings is 1. The van der Waals surface area contributed by atoms with Crippen LogP contribution in [0.2, 0.25) is 0 Å². The number of carbonyl (C=O) groups is 1. The lowest BCUT2D eigenvalue weighted by Gasteiger charge is -2.22. The molecule has 0 radical (unpaired) electrons. The highest BCUT2D eigenvalue weighted by atomic mass is 32.1. The van der Waals surface area contributed by atoms with E-state index in [1.54, 1.807) is 10.6 Å². The number of nitriles is 1. The van der Waals surface area contributed by atoms with Gasteiger partial charge >= 0.3 is 0 Å². The van der Waals surface area contributed by atoms with Gasteiger partial charge in [-0.15, -0.1) is 6.58 Å². The monoisotopic (exact) mass is 375 g/mol. The zero-order valence-corrected chi connectivity index (χ0v) is 15.2. The predicted molar refractivity (Wildman–Crippen MR) is 97.9 cm³/mol. The minimum absolute atomic E-state index is 0.169. The summed E-state index contributed by atoms with van der Waals surface area (Å²) in [6.45, 7) is 3.98. The van der Waals surface area contributed by atoms with E-state index < -0.39 is 5.54 Å². The molecule has 1 aliphatic rings. The van der Waals surface area contributed by atoms with Gasteiger partial charge in [-0.1, -0.05) is 17.4 Å². The molecule has 0 saturated heterocycles. The number of nitrogens with one attached hydrogen (secondary N) is 1. The molecule has 2 heterocycles. The molecule has 2 aromatic rings. The van der Waals surface area contributed by atoms with Crippen molar-refractivity contribution in [3.63, 3.8) is 0 Å². The second kappa shape index (κ2) is 6.90. The van der Waals surface area contributed by atoms with Crippen LogP contribution >= 0.6 is 23.6 Å². The summed E-state index contributed by atoms with van der Waals surface area (Å²) < 4.78 is 3.94.